The van der Waals surface area contributed by atoms with Gasteiger partial charge in [0, 0.05) is 5.69 Å². The van der Waals surface area contributed by atoms with Crippen LogP contribution >= 0.6 is 0 Å². The summed E-state index contributed by atoms with van der Waals surface area (Å²) in [6.45, 7) is 2.10. The fourth-order valence-electron chi connectivity index (χ4n) is 1.33. The molecule has 1 rings (SSSR count). The molecule has 0 atom stereocenters. The second-order valence-electron chi connectivity index (χ2n) is 3.83. The number of benzene rings is 1. The van der Waals surface area contributed by atoms with Crippen LogP contribution in [0, 0.1) is 0 Å². The van der Waals surface area contributed by atoms with E-state index in [1.807, 2.05) is 6.92 Å². The molecule has 0 saturated heterocycles. The van der Waals surface area contributed by atoms with Crippen LogP contribution in [0.4, 0.5) is 18.9 Å². The van der Waals surface area contributed by atoms with Crippen molar-refractivity contribution in [2.24, 2.45) is 0 Å². The first-order valence-electron chi connectivity index (χ1n) is 5.49. The number of carbonyl (C=O) groups excluding carboxylic acids is 1. The van der Waals surface area contributed by atoms with Crippen molar-refractivity contribution < 1.29 is 22.7 Å². The number of esters is 1. The molecule has 0 aliphatic heterocycles. The number of nitrogen functional groups attached to an aromatic ring is 1. The number of hydrogen-bond donors (Lipinski definition) is 1. The molecule has 0 bridgehead atoms. The molecule has 1 aromatic rings. The maximum atomic E-state index is 12.5. The average molecular weight is 261 g/mol. The highest BCUT2D eigenvalue weighted by Crippen LogP contribution is 2.31. The van der Waals surface area contributed by atoms with Crippen molar-refractivity contribution in [2.45, 2.75) is 25.9 Å². The van der Waals surface area contributed by atoms with Crippen LogP contribution < -0.4 is 5.73 Å². The number of carbonyl (C=O) groups is 1. The summed E-state index contributed by atoms with van der Waals surface area (Å²) in [6.07, 6.45) is -3.04. The minimum absolute atomic E-state index is 0.118. The summed E-state index contributed by atoms with van der Waals surface area (Å²) in [4.78, 5) is 11.5. The van der Waals surface area contributed by atoms with Crippen molar-refractivity contribution >= 4 is 11.7 Å². The van der Waals surface area contributed by atoms with Gasteiger partial charge in [-0.3, -0.25) is 0 Å². The zero-order chi connectivity index (χ0) is 13.8. The number of nitrogens with two attached hydrogens (primary N) is 1. The smallest absolute Gasteiger partial charge is 0.416 e. The van der Waals surface area contributed by atoms with Gasteiger partial charge in [-0.25, -0.2) is 4.79 Å². The van der Waals surface area contributed by atoms with Gasteiger partial charge >= 0.3 is 12.1 Å². The Hall–Kier alpha value is -1.72. The number of hydrogen-bond acceptors (Lipinski definition) is 3. The van der Waals surface area contributed by atoms with Gasteiger partial charge in [-0.05, 0) is 24.6 Å². The summed E-state index contributed by atoms with van der Waals surface area (Å²) in [7, 11) is 0. The van der Waals surface area contributed by atoms with E-state index in [0.29, 0.717) is 6.42 Å². The van der Waals surface area contributed by atoms with Crippen LogP contribution in [0.2, 0.25) is 0 Å². The molecule has 0 aliphatic rings. The molecule has 0 unspecified atom stereocenters. The van der Waals surface area contributed by atoms with Gasteiger partial charge in [0.05, 0.1) is 17.7 Å². The molecule has 0 aliphatic carbocycles. The minimum atomic E-state index is -4.53. The average Bonchev–Trinajstić information content (AvgIpc) is 2.27. The molecule has 0 heterocycles. The largest absolute Gasteiger partial charge is 0.462 e. The molecule has 0 fully saturated rings. The highest BCUT2D eigenvalue weighted by Gasteiger charge is 2.31. The molecule has 6 heteroatoms. The fourth-order valence-corrected chi connectivity index (χ4v) is 1.33. The summed E-state index contributed by atoms with van der Waals surface area (Å²) < 4.78 is 42.4. The predicted octanol–water partition coefficient (Wildman–Crippen LogP) is 3.24. The summed E-state index contributed by atoms with van der Waals surface area (Å²) in [5.74, 6) is -0.791. The Morgan fingerprint density at radius 3 is 2.56 bits per heavy atom. The van der Waals surface area contributed by atoms with E-state index in [9.17, 15) is 18.0 Å². The van der Waals surface area contributed by atoms with Gasteiger partial charge in [-0.1, -0.05) is 13.3 Å². The van der Waals surface area contributed by atoms with Crippen LogP contribution in [0.25, 0.3) is 0 Å². The highest BCUT2D eigenvalue weighted by atomic mass is 19.4. The number of ether oxygens (including phenoxy) is 1. The lowest BCUT2D eigenvalue weighted by molar-refractivity contribution is -0.137. The third kappa shape index (κ3) is 3.94. The van der Waals surface area contributed by atoms with E-state index in [1.165, 1.54) is 6.07 Å². The van der Waals surface area contributed by atoms with Crippen LogP contribution in [0.1, 0.15) is 35.7 Å². The van der Waals surface area contributed by atoms with Gasteiger partial charge in [-0.2, -0.15) is 13.2 Å². The Kier molecular flexibility index (Phi) is 4.58. The molecule has 3 nitrogen and oxygen atoms in total. The molecule has 2 N–H and O–H groups in total. The minimum Gasteiger partial charge on any atom is -0.462 e. The molecule has 0 radical (unpaired) electrons. The molecule has 1 aromatic carbocycles. The zero-order valence-corrected chi connectivity index (χ0v) is 9.88. The maximum absolute atomic E-state index is 12.5. The summed E-state index contributed by atoms with van der Waals surface area (Å²) >= 11 is 0. The van der Waals surface area contributed by atoms with E-state index in [2.05, 4.69) is 0 Å². The van der Waals surface area contributed by atoms with Crippen LogP contribution in [-0.2, 0) is 10.9 Å². The SMILES string of the molecule is CCCCOC(=O)c1cc(N)cc(C(F)(F)F)c1. The van der Waals surface area contributed by atoms with Crippen LogP contribution in [0.15, 0.2) is 18.2 Å². The number of halogens is 3. The number of rotatable bonds is 4. The number of anilines is 1. The Labute approximate surface area is 103 Å². The van der Waals surface area contributed by atoms with E-state index in [1.54, 1.807) is 0 Å². The molecular formula is C12H14F3NO2. The highest BCUT2D eigenvalue weighted by molar-refractivity contribution is 5.90. The first-order valence-corrected chi connectivity index (χ1v) is 5.49. The summed E-state index contributed by atoms with van der Waals surface area (Å²) in [6, 6.07) is 2.69. The third-order valence-electron chi connectivity index (χ3n) is 2.25. The zero-order valence-electron chi connectivity index (χ0n) is 9.88. The van der Waals surface area contributed by atoms with Crippen molar-refractivity contribution in [3.05, 3.63) is 29.3 Å². The quantitative estimate of drug-likeness (QED) is 0.514. The lowest BCUT2D eigenvalue weighted by Crippen LogP contribution is -2.11. The predicted molar refractivity (Wildman–Crippen MR) is 61.0 cm³/mol. The van der Waals surface area contributed by atoms with Crippen molar-refractivity contribution in [3.8, 4) is 0 Å². The van der Waals surface area contributed by atoms with Crippen molar-refractivity contribution in [1.82, 2.24) is 0 Å². The van der Waals surface area contributed by atoms with Crippen LogP contribution in [-0.4, -0.2) is 12.6 Å². The first-order chi connectivity index (χ1) is 8.34. The number of alkyl halides is 3. The van der Waals surface area contributed by atoms with Crippen LogP contribution in [0.5, 0.6) is 0 Å². The molecule has 100 valence electrons. The maximum Gasteiger partial charge on any atom is 0.416 e. The first kappa shape index (κ1) is 14.3. The van der Waals surface area contributed by atoms with Gasteiger partial charge in [0.15, 0.2) is 0 Å². The Morgan fingerprint density at radius 1 is 1.33 bits per heavy atom. The van der Waals surface area contributed by atoms with Crippen molar-refractivity contribution in [2.75, 3.05) is 12.3 Å². The van der Waals surface area contributed by atoms with Crippen molar-refractivity contribution in [3.63, 3.8) is 0 Å². The topological polar surface area (TPSA) is 52.3 Å². The second-order valence-corrected chi connectivity index (χ2v) is 3.83. The van der Waals surface area contributed by atoms with E-state index in [0.717, 1.165) is 18.6 Å². The van der Waals surface area contributed by atoms with Gasteiger partial charge in [-0.15, -0.1) is 0 Å². The van der Waals surface area contributed by atoms with E-state index in [4.69, 9.17) is 10.5 Å². The van der Waals surface area contributed by atoms with E-state index >= 15 is 0 Å². The normalized spacial score (nSPS) is 11.3. The molecule has 18 heavy (non-hydrogen) atoms. The molecule has 0 amide bonds. The Bertz CT molecular complexity index is 430. The molecule has 0 saturated carbocycles. The Balaban J connectivity index is 2.89. The van der Waals surface area contributed by atoms with Crippen LogP contribution in [0.3, 0.4) is 0 Å². The van der Waals surface area contributed by atoms with Gasteiger partial charge < -0.3 is 10.5 Å². The monoisotopic (exact) mass is 261 g/mol. The lowest BCUT2D eigenvalue weighted by Gasteiger charge is -2.10. The molecule has 0 aromatic heterocycles. The lowest BCUT2D eigenvalue weighted by atomic mass is 10.1. The summed E-state index contributed by atoms with van der Waals surface area (Å²) in [5.41, 5.74) is 4.09. The Morgan fingerprint density at radius 2 is 2.00 bits per heavy atom. The fraction of sp³-hybridized carbons (Fsp3) is 0.417. The van der Waals surface area contributed by atoms with E-state index in [-0.39, 0.29) is 17.9 Å². The summed E-state index contributed by atoms with van der Waals surface area (Å²) in [5, 5.41) is 0. The van der Waals surface area contributed by atoms with Gasteiger partial charge in [0.25, 0.3) is 0 Å². The third-order valence-corrected chi connectivity index (χ3v) is 2.25. The molecular weight excluding hydrogens is 247 g/mol. The standard InChI is InChI=1S/C12H14F3NO2/c1-2-3-4-18-11(17)8-5-9(12(13,14)15)7-10(16)6-8/h5-7H,2-4,16H2,1H3. The van der Waals surface area contributed by atoms with Crippen molar-refractivity contribution in [1.29, 1.82) is 0 Å². The number of unbranched alkanes of at least 4 members (excludes halogenated alkanes) is 1. The van der Waals surface area contributed by atoms with E-state index < -0.39 is 17.7 Å². The van der Waals surface area contributed by atoms with Gasteiger partial charge in [0.2, 0.25) is 0 Å². The van der Waals surface area contributed by atoms with Gasteiger partial charge in [0.1, 0.15) is 0 Å². The second kappa shape index (κ2) is 5.75. The molecule has 0 spiro atoms.